The monoisotopic (exact) mass is 305 g/mol. The van der Waals surface area contributed by atoms with Crippen LogP contribution in [0.3, 0.4) is 0 Å². The van der Waals surface area contributed by atoms with E-state index in [1.807, 2.05) is 0 Å². The van der Waals surface area contributed by atoms with Gasteiger partial charge in [0.1, 0.15) is 0 Å². The first kappa shape index (κ1) is 17.7. The van der Waals surface area contributed by atoms with Gasteiger partial charge in [-0.2, -0.15) is 0 Å². The largest absolute Gasteiger partial charge is 0.481 e. The van der Waals surface area contributed by atoms with E-state index in [1.165, 1.54) is 25.7 Å². The molecule has 1 unspecified atom stereocenters. The molecule has 118 valence electrons. The Bertz CT molecular complexity index is 287. The van der Waals surface area contributed by atoms with Crippen LogP contribution in [-0.2, 0) is 9.53 Å². The van der Waals surface area contributed by atoms with Crippen LogP contribution in [0, 0.1) is 5.92 Å². The number of carboxylic acids is 1. The first-order valence-electron chi connectivity index (χ1n) is 7.72. The summed E-state index contributed by atoms with van der Waals surface area (Å²) >= 11 is 0. The molecule has 20 heavy (non-hydrogen) atoms. The van der Waals surface area contributed by atoms with Crippen molar-refractivity contribution in [1.82, 2.24) is 4.90 Å². The lowest BCUT2D eigenvalue weighted by atomic mass is 9.86. The Morgan fingerprint density at radius 1 is 1.25 bits per heavy atom. The molecule has 0 aromatic carbocycles. The van der Waals surface area contributed by atoms with Crippen LogP contribution in [0.1, 0.15) is 51.9 Å². The van der Waals surface area contributed by atoms with E-state index in [1.54, 1.807) is 0 Å². The third-order valence-electron chi connectivity index (χ3n) is 4.58. The molecule has 0 radical (unpaired) electrons. The molecule has 1 aliphatic heterocycles. The van der Waals surface area contributed by atoms with Crippen LogP contribution < -0.4 is 0 Å². The van der Waals surface area contributed by atoms with Gasteiger partial charge in [-0.3, -0.25) is 9.69 Å². The van der Waals surface area contributed by atoms with Gasteiger partial charge in [0.2, 0.25) is 0 Å². The summed E-state index contributed by atoms with van der Waals surface area (Å²) < 4.78 is 5.71. The standard InChI is InChI=1S/C15H27NO3.ClH/c1-12-4-6-13(7-5-12)16(9-8-15(17)18)11-14-3-2-10-19-14;/h12-14H,2-11H2,1H3,(H,17,18);1H. The number of hydrogen-bond donors (Lipinski definition) is 1. The van der Waals surface area contributed by atoms with Gasteiger partial charge in [-0.05, 0) is 44.4 Å². The quantitative estimate of drug-likeness (QED) is 0.819. The summed E-state index contributed by atoms with van der Waals surface area (Å²) in [5.74, 6) is 0.141. The van der Waals surface area contributed by atoms with Crippen molar-refractivity contribution in [2.24, 2.45) is 5.92 Å². The van der Waals surface area contributed by atoms with E-state index >= 15 is 0 Å². The Hall–Kier alpha value is -0.320. The zero-order chi connectivity index (χ0) is 13.7. The van der Waals surface area contributed by atoms with E-state index in [0.717, 1.165) is 31.9 Å². The zero-order valence-corrected chi connectivity index (χ0v) is 13.2. The predicted octanol–water partition coefficient (Wildman–Crippen LogP) is 2.94. The van der Waals surface area contributed by atoms with Crippen LogP contribution in [-0.4, -0.2) is 47.8 Å². The first-order valence-corrected chi connectivity index (χ1v) is 7.72. The lowest BCUT2D eigenvalue weighted by Crippen LogP contribution is -2.43. The molecule has 0 aromatic rings. The average Bonchev–Trinajstić information content (AvgIpc) is 2.88. The van der Waals surface area contributed by atoms with Crippen molar-refractivity contribution in [3.05, 3.63) is 0 Å². The van der Waals surface area contributed by atoms with Crippen molar-refractivity contribution >= 4 is 18.4 Å². The minimum Gasteiger partial charge on any atom is -0.481 e. The summed E-state index contributed by atoms with van der Waals surface area (Å²) in [4.78, 5) is 13.2. The Labute approximate surface area is 128 Å². The molecule has 0 aromatic heterocycles. The summed E-state index contributed by atoms with van der Waals surface area (Å²) in [7, 11) is 0. The van der Waals surface area contributed by atoms with E-state index in [9.17, 15) is 4.79 Å². The summed E-state index contributed by atoms with van der Waals surface area (Å²) in [6.07, 6.45) is 7.85. The van der Waals surface area contributed by atoms with Gasteiger partial charge in [0.05, 0.1) is 12.5 Å². The van der Waals surface area contributed by atoms with Gasteiger partial charge in [0, 0.05) is 25.7 Å². The van der Waals surface area contributed by atoms with Crippen molar-refractivity contribution in [3.8, 4) is 0 Å². The molecule has 0 spiro atoms. The van der Waals surface area contributed by atoms with Crippen molar-refractivity contribution in [2.75, 3.05) is 19.7 Å². The third kappa shape index (κ3) is 5.58. The molecule has 1 aliphatic carbocycles. The highest BCUT2D eigenvalue weighted by atomic mass is 35.5. The fraction of sp³-hybridized carbons (Fsp3) is 0.933. The zero-order valence-electron chi connectivity index (χ0n) is 12.4. The lowest BCUT2D eigenvalue weighted by molar-refractivity contribution is -0.137. The molecule has 0 amide bonds. The Morgan fingerprint density at radius 3 is 2.50 bits per heavy atom. The average molecular weight is 306 g/mol. The fourth-order valence-electron chi connectivity index (χ4n) is 3.32. The van der Waals surface area contributed by atoms with Gasteiger partial charge in [0.25, 0.3) is 0 Å². The number of aliphatic carboxylic acids is 1. The molecule has 1 atom stereocenters. The van der Waals surface area contributed by atoms with Gasteiger partial charge < -0.3 is 9.84 Å². The van der Waals surface area contributed by atoms with Gasteiger partial charge in [-0.15, -0.1) is 12.4 Å². The molecular weight excluding hydrogens is 278 g/mol. The van der Waals surface area contributed by atoms with Crippen molar-refractivity contribution in [1.29, 1.82) is 0 Å². The second kappa shape index (κ2) is 8.85. The van der Waals surface area contributed by atoms with E-state index in [4.69, 9.17) is 9.84 Å². The van der Waals surface area contributed by atoms with Crippen LogP contribution in [0.4, 0.5) is 0 Å². The predicted molar refractivity (Wildman–Crippen MR) is 81.5 cm³/mol. The Balaban J connectivity index is 0.00000200. The Morgan fingerprint density at radius 2 is 1.95 bits per heavy atom. The summed E-state index contributed by atoms with van der Waals surface area (Å²) in [5, 5.41) is 8.91. The summed E-state index contributed by atoms with van der Waals surface area (Å²) in [6.45, 7) is 4.79. The molecule has 1 heterocycles. The number of carboxylic acid groups (broad SMARTS) is 1. The molecule has 5 heteroatoms. The number of nitrogens with zero attached hydrogens (tertiary/aromatic N) is 1. The summed E-state index contributed by atoms with van der Waals surface area (Å²) in [5.41, 5.74) is 0. The van der Waals surface area contributed by atoms with Gasteiger partial charge in [0.15, 0.2) is 0 Å². The normalized spacial score (nSPS) is 30.2. The molecular formula is C15H28ClNO3. The van der Waals surface area contributed by atoms with Crippen molar-refractivity contribution in [2.45, 2.75) is 64.0 Å². The van der Waals surface area contributed by atoms with Crippen molar-refractivity contribution < 1.29 is 14.6 Å². The maximum atomic E-state index is 10.8. The van der Waals surface area contributed by atoms with Crippen LogP contribution in [0.25, 0.3) is 0 Å². The van der Waals surface area contributed by atoms with E-state index in [2.05, 4.69) is 11.8 Å². The van der Waals surface area contributed by atoms with Gasteiger partial charge in [-0.25, -0.2) is 0 Å². The number of rotatable bonds is 6. The highest BCUT2D eigenvalue weighted by Crippen LogP contribution is 2.28. The maximum absolute atomic E-state index is 10.8. The third-order valence-corrected chi connectivity index (χ3v) is 4.58. The summed E-state index contributed by atoms with van der Waals surface area (Å²) in [6, 6.07) is 0.569. The maximum Gasteiger partial charge on any atom is 0.304 e. The second-order valence-electron chi connectivity index (χ2n) is 6.19. The number of carbonyl (C=O) groups is 1. The molecule has 2 aliphatic rings. The van der Waals surface area contributed by atoms with E-state index < -0.39 is 5.97 Å². The number of hydrogen-bond acceptors (Lipinski definition) is 3. The van der Waals surface area contributed by atoms with Crippen LogP contribution in [0.5, 0.6) is 0 Å². The molecule has 2 fully saturated rings. The minimum absolute atomic E-state index is 0. The van der Waals surface area contributed by atoms with Crippen LogP contribution in [0.2, 0.25) is 0 Å². The van der Waals surface area contributed by atoms with E-state index in [-0.39, 0.29) is 18.8 Å². The molecule has 1 N–H and O–H groups in total. The molecule has 1 saturated carbocycles. The molecule has 2 rings (SSSR count). The van der Waals surface area contributed by atoms with Crippen LogP contribution in [0.15, 0.2) is 0 Å². The number of ether oxygens (including phenoxy) is 1. The van der Waals surface area contributed by atoms with Gasteiger partial charge >= 0.3 is 5.97 Å². The highest BCUT2D eigenvalue weighted by Gasteiger charge is 2.27. The SMILES string of the molecule is CC1CCC(N(CCC(=O)O)CC2CCCO2)CC1.Cl. The number of halogens is 1. The molecule has 0 bridgehead atoms. The lowest BCUT2D eigenvalue weighted by Gasteiger charge is -2.37. The Kier molecular flexibility index (Phi) is 7.85. The molecule has 4 nitrogen and oxygen atoms in total. The topological polar surface area (TPSA) is 49.8 Å². The first-order chi connectivity index (χ1) is 9.15. The minimum atomic E-state index is -0.693. The van der Waals surface area contributed by atoms with Crippen LogP contribution >= 0.6 is 12.4 Å². The fourth-order valence-corrected chi connectivity index (χ4v) is 3.32. The van der Waals surface area contributed by atoms with Gasteiger partial charge in [-0.1, -0.05) is 6.92 Å². The second-order valence-corrected chi connectivity index (χ2v) is 6.19. The van der Waals surface area contributed by atoms with E-state index in [0.29, 0.717) is 18.7 Å². The smallest absolute Gasteiger partial charge is 0.304 e. The molecule has 1 saturated heterocycles. The highest BCUT2D eigenvalue weighted by molar-refractivity contribution is 5.85. The van der Waals surface area contributed by atoms with Crippen molar-refractivity contribution in [3.63, 3.8) is 0 Å².